The molecule has 0 aliphatic carbocycles. The van der Waals surface area contributed by atoms with E-state index in [1.54, 1.807) is 0 Å². The molecule has 0 amide bonds. The second-order valence-electron chi connectivity index (χ2n) is 4.00. The largest absolute Gasteiger partial charge is 0.367 e. The van der Waals surface area contributed by atoms with Gasteiger partial charge in [-0.2, -0.15) is 0 Å². The topological polar surface area (TPSA) is 12.5 Å². The first-order valence-corrected chi connectivity index (χ1v) is 4.36. The summed E-state index contributed by atoms with van der Waals surface area (Å²) in [6.45, 7) is 10.2. The average Bonchev–Trinajstić information content (AvgIpc) is 2.54. The first-order chi connectivity index (χ1) is 5.06. The summed E-state index contributed by atoms with van der Waals surface area (Å²) < 4.78 is 5.46. The molecule has 0 spiro atoms. The van der Waals surface area contributed by atoms with Gasteiger partial charge in [0.1, 0.15) is 0 Å². The zero-order chi connectivity index (χ0) is 8.48. The summed E-state index contributed by atoms with van der Waals surface area (Å²) in [5, 5.41) is 0. The Hall–Kier alpha value is -0.300. The van der Waals surface area contributed by atoms with Crippen molar-refractivity contribution in [1.29, 1.82) is 0 Å². The van der Waals surface area contributed by atoms with Crippen molar-refractivity contribution in [2.24, 2.45) is 5.92 Å². The second-order valence-corrected chi connectivity index (χ2v) is 4.00. The number of epoxide rings is 1. The molecular weight excluding hydrogens is 136 g/mol. The van der Waals surface area contributed by atoms with Crippen LogP contribution in [0, 0.1) is 5.92 Å². The van der Waals surface area contributed by atoms with E-state index in [9.17, 15) is 0 Å². The predicted octanol–water partition coefficient (Wildman–Crippen LogP) is 2.77. The molecule has 1 fully saturated rings. The van der Waals surface area contributed by atoms with Crippen LogP contribution in [0.1, 0.15) is 33.6 Å². The van der Waals surface area contributed by atoms with E-state index in [0.717, 1.165) is 0 Å². The minimum absolute atomic E-state index is 0.168. The summed E-state index contributed by atoms with van der Waals surface area (Å²) in [4.78, 5) is 0. The van der Waals surface area contributed by atoms with Crippen molar-refractivity contribution >= 4 is 0 Å². The standard InChI is InChI=1S/C10H18O/c1-5-8(2)6-7-9-10(3,4)11-9/h5,8-9H,1,6-7H2,2-4H3/t8-,9-/m1/s1. The van der Waals surface area contributed by atoms with Gasteiger partial charge >= 0.3 is 0 Å². The summed E-state index contributed by atoms with van der Waals surface area (Å²) >= 11 is 0. The normalized spacial score (nSPS) is 29.5. The van der Waals surface area contributed by atoms with E-state index in [2.05, 4.69) is 27.4 Å². The Bertz CT molecular complexity index is 149. The molecule has 0 radical (unpaired) electrons. The van der Waals surface area contributed by atoms with Crippen LogP contribution < -0.4 is 0 Å². The van der Waals surface area contributed by atoms with E-state index in [1.807, 2.05) is 6.08 Å². The molecule has 64 valence electrons. The van der Waals surface area contributed by atoms with Gasteiger partial charge in [0.25, 0.3) is 0 Å². The first kappa shape index (κ1) is 8.79. The Kier molecular flexibility index (Phi) is 2.38. The molecule has 0 unspecified atom stereocenters. The van der Waals surface area contributed by atoms with Gasteiger partial charge in [-0.3, -0.25) is 0 Å². The predicted molar refractivity (Wildman–Crippen MR) is 47.5 cm³/mol. The lowest BCUT2D eigenvalue weighted by Crippen LogP contribution is -2.04. The fraction of sp³-hybridized carbons (Fsp3) is 0.800. The third-order valence-electron chi connectivity index (χ3n) is 2.45. The minimum Gasteiger partial charge on any atom is -0.367 e. The summed E-state index contributed by atoms with van der Waals surface area (Å²) in [7, 11) is 0. The Morgan fingerprint density at radius 3 is 2.55 bits per heavy atom. The van der Waals surface area contributed by atoms with E-state index in [1.165, 1.54) is 12.8 Å². The fourth-order valence-electron chi connectivity index (χ4n) is 1.27. The molecule has 0 bridgehead atoms. The van der Waals surface area contributed by atoms with Gasteiger partial charge in [0, 0.05) is 0 Å². The molecule has 0 aromatic heterocycles. The zero-order valence-corrected chi connectivity index (χ0v) is 7.76. The molecule has 0 aromatic rings. The Balaban J connectivity index is 2.10. The van der Waals surface area contributed by atoms with Crippen LogP contribution in [0.15, 0.2) is 12.7 Å². The van der Waals surface area contributed by atoms with Gasteiger partial charge < -0.3 is 4.74 Å². The number of hydrogen-bond acceptors (Lipinski definition) is 1. The molecular formula is C10H18O. The van der Waals surface area contributed by atoms with E-state index >= 15 is 0 Å². The van der Waals surface area contributed by atoms with Crippen molar-refractivity contribution < 1.29 is 4.74 Å². The van der Waals surface area contributed by atoms with Crippen LogP contribution in [0.5, 0.6) is 0 Å². The maximum Gasteiger partial charge on any atom is 0.0892 e. The zero-order valence-electron chi connectivity index (χ0n) is 7.76. The van der Waals surface area contributed by atoms with Crippen molar-refractivity contribution in [1.82, 2.24) is 0 Å². The Morgan fingerprint density at radius 2 is 2.18 bits per heavy atom. The number of ether oxygens (including phenoxy) is 1. The highest BCUT2D eigenvalue weighted by Crippen LogP contribution is 2.38. The van der Waals surface area contributed by atoms with E-state index in [-0.39, 0.29) is 5.60 Å². The highest BCUT2D eigenvalue weighted by molar-refractivity contribution is 4.95. The third-order valence-corrected chi connectivity index (χ3v) is 2.45. The van der Waals surface area contributed by atoms with Gasteiger partial charge in [0.15, 0.2) is 0 Å². The van der Waals surface area contributed by atoms with Crippen molar-refractivity contribution in [3.05, 3.63) is 12.7 Å². The molecule has 2 atom stereocenters. The summed E-state index contributed by atoms with van der Waals surface area (Å²) in [6, 6.07) is 0. The van der Waals surface area contributed by atoms with Gasteiger partial charge in [-0.15, -0.1) is 6.58 Å². The quantitative estimate of drug-likeness (QED) is 0.448. The van der Waals surface area contributed by atoms with E-state index < -0.39 is 0 Å². The van der Waals surface area contributed by atoms with Crippen LogP contribution in [-0.4, -0.2) is 11.7 Å². The third kappa shape index (κ3) is 2.33. The molecule has 1 heterocycles. The lowest BCUT2D eigenvalue weighted by molar-refractivity contribution is 0.316. The van der Waals surface area contributed by atoms with Crippen LogP contribution >= 0.6 is 0 Å². The highest BCUT2D eigenvalue weighted by atomic mass is 16.6. The molecule has 1 nitrogen and oxygen atoms in total. The monoisotopic (exact) mass is 154 g/mol. The molecule has 1 saturated heterocycles. The van der Waals surface area contributed by atoms with Crippen LogP contribution in [-0.2, 0) is 4.74 Å². The fourth-order valence-corrected chi connectivity index (χ4v) is 1.27. The SMILES string of the molecule is C=C[C@@H](C)CC[C@H]1OC1(C)C. The highest BCUT2D eigenvalue weighted by Gasteiger charge is 2.46. The number of hydrogen-bond donors (Lipinski definition) is 0. The second kappa shape index (κ2) is 2.98. The molecule has 1 aliphatic heterocycles. The van der Waals surface area contributed by atoms with Gasteiger partial charge in [0.2, 0.25) is 0 Å². The molecule has 1 aliphatic rings. The van der Waals surface area contributed by atoms with Gasteiger partial charge in [0.05, 0.1) is 11.7 Å². The summed E-state index contributed by atoms with van der Waals surface area (Å²) in [5.74, 6) is 0.634. The van der Waals surface area contributed by atoms with Crippen molar-refractivity contribution in [3.63, 3.8) is 0 Å². The minimum atomic E-state index is 0.168. The van der Waals surface area contributed by atoms with Gasteiger partial charge in [-0.25, -0.2) is 0 Å². The van der Waals surface area contributed by atoms with Crippen molar-refractivity contribution in [2.45, 2.75) is 45.3 Å². The molecule has 0 saturated carbocycles. The number of allylic oxidation sites excluding steroid dienone is 1. The van der Waals surface area contributed by atoms with E-state index in [0.29, 0.717) is 12.0 Å². The van der Waals surface area contributed by atoms with E-state index in [4.69, 9.17) is 4.74 Å². The first-order valence-electron chi connectivity index (χ1n) is 4.36. The van der Waals surface area contributed by atoms with Crippen LogP contribution in [0.2, 0.25) is 0 Å². The number of rotatable bonds is 4. The lowest BCUT2D eigenvalue weighted by atomic mass is 10.00. The van der Waals surface area contributed by atoms with Crippen molar-refractivity contribution in [3.8, 4) is 0 Å². The molecule has 0 aromatic carbocycles. The average molecular weight is 154 g/mol. The molecule has 0 N–H and O–H groups in total. The smallest absolute Gasteiger partial charge is 0.0892 e. The molecule has 1 heteroatoms. The maximum absolute atomic E-state index is 5.46. The van der Waals surface area contributed by atoms with Crippen LogP contribution in [0.4, 0.5) is 0 Å². The Labute approximate surface area is 69.4 Å². The van der Waals surface area contributed by atoms with Crippen LogP contribution in [0.3, 0.4) is 0 Å². The summed E-state index contributed by atoms with van der Waals surface area (Å²) in [5.41, 5.74) is 0.168. The summed E-state index contributed by atoms with van der Waals surface area (Å²) in [6.07, 6.45) is 4.90. The van der Waals surface area contributed by atoms with Gasteiger partial charge in [-0.05, 0) is 32.6 Å². The maximum atomic E-state index is 5.46. The molecule has 11 heavy (non-hydrogen) atoms. The van der Waals surface area contributed by atoms with Gasteiger partial charge in [-0.1, -0.05) is 13.0 Å². The van der Waals surface area contributed by atoms with Crippen LogP contribution in [0.25, 0.3) is 0 Å². The van der Waals surface area contributed by atoms with Crippen molar-refractivity contribution in [2.75, 3.05) is 0 Å². The Morgan fingerprint density at radius 1 is 1.64 bits per heavy atom. The lowest BCUT2D eigenvalue weighted by Gasteiger charge is -2.02. The molecule has 1 rings (SSSR count).